The maximum absolute atomic E-state index is 13.8. The van der Waals surface area contributed by atoms with Gasteiger partial charge in [-0.2, -0.15) is 0 Å². The number of fused-ring (bicyclic) bond motifs is 2. The Kier molecular flexibility index (Phi) is 4.52. The highest BCUT2D eigenvalue weighted by atomic mass is 19.1. The molecule has 1 saturated carbocycles. The molecule has 0 spiro atoms. The van der Waals surface area contributed by atoms with E-state index >= 15 is 0 Å². The summed E-state index contributed by atoms with van der Waals surface area (Å²) >= 11 is 0. The van der Waals surface area contributed by atoms with Crippen molar-refractivity contribution < 1.29 is 14.0 Å². The Hall–Kier alpha value is -3.74. The molecule has 0 saturated heterocycles. The molecular weight excluding hydrogens is 431 g/mol. The Labute approximate surface area is 197 Å². The van der Waals surface area contributed by atoms with Crippen LogP contribution in [0.3, 0.4) is 0 Å². The summed E-state index contributed by atoms with van der Waals surface area (Å²) in [5.74, 6) is 0.847. The molecule has 34 heavy (non-hydrogen) atoms. The van der Waals surface area contributed by atoms with E-state index in [4.69, 9.17) is 4.98 Å². The van der Waals surface area contributed by atoms with Crippen LogP contribution >= 0.6 is 0 Å². The summed E-state index contributed by atoms with van der Waals surface area (Å²) in [6.45, 7) is 3.84. The smallest absolute Gasteiger partial charge is 0.260 e. The first kappa shape index (κ1) is 20.8. The van der Waals surface area contributed by atoms with Crippen molar-refractivity contribution in [3.63, 3.8) is 0 Å². The van der Waals surface area contributed by atoms with Gasteiger partial charge in [-0.25, -0.2) is 9.37 Å². The average molecular weight is 457 g/mol. The van der Waals surface area contributed by atoms with E-state index in [2.05, 4.69) is 4.90 Å². The predicted octanol–water partition coefficient (Wildman–Crippen LogP) is 4.61. The number of nitrogens with zero attached hydrogens (tertiary/aromatic N) is 4. The summed E-state index contributed by atoms with van der Waals surface area (Å²) < 4.78 is 13.7. The molecular formula is C27H25FN4O2. The third-order valence-electron chi connectivity index (χ3n) is 7.21. The maximum Gasteiger partial charge on any atom is 0.260 e. The molecule has 2 aliphatic heterocycles. The van der Waals surface area contributed by atoms with Crippen molar-refractivity contribution in [3.05, 3.63) is 82.7 Å². The van der Waals surface area contributed by atoms with Crippen LogP contribution in [0.5, 0.6) is 0 Å². The van der Waals surface area contributed by atoms with Crippen LogP contribution in [0.15, 0.2) is 54.6 Å². The van der Waals surface area contributed by atoms with E-state index in [9.17, 15) is 14.0 Å². The first-order valence-electron chi connectivity index (χ1n) is 11.6. The van der Waals surface area contributed by atoms with Crippen LogP contribution in [-0.4, -0.2) is 35.9 Å². The van der Waals surface area contributed by atoms with E-state index in [1.807, 2.05) is 38.1 Å². The monoisotopic (exact) mass is 456 g/mol. The summed E-state index contributed by atoms with van der Waals surface area (Å²) in [7, 11) is 1.77. The summed E-state index contributed by atoms with van der Waals surface area (Å²) in [4.78, 5) is 37.1. The molecule has 2 aromatic carbocycles. The number of aromatic nitrogens is 1. The molecule has 3 heterocycles. The second-order valence-corrected chi connectivity index (χ2v) is 9.39. The lowest BCUT2D eigenvalue weighted by Gasteiger charge is -2.40. The predicted molar refractivity (Wildman–Crippen MR) is 129 cm³/mol. The third-order valence-corrected chi connectivity index (χ3v) is 7.21. The maximum atomic E-state index is 13.8. The molecule has 2 unspecified atom stereocenters. The summed E-state index contributed by atoms with van der Waals surface area (Å²) in [5.41, 5.74) is 4.01. The fourth-order valence-electron chi connectivity index (χ4n) is 5.36. The molecule has 2 atom stereocenters. The average Bonchev–Trinajstić information content (AvgIpc) is 3.61. The number of amides is 2. The van der Waals surface area contributed by atoms with Gasteiger partial charge in [0.15, 0.2) is 5.82 Å². The first-order chi connectivity index (χ1) is 16.4. The van der Waals surface area contributed by atoms with E-state index in [1.54, 1.807) is 35.0 Å². The summed E-state index contributed by atoms with van der Waals surface area (Å²) in [6, 6.07) is 15.4. The van der Waals surface area contributed by atoms with E-state index in [0.29, 0.717) is 11.4 Å². The second-order valence-electron chi connectivity index (χ2n) is 9.39. The minimum Gasteiger partial charge on any atom is -0.340 e. The van der Waals surface area contributed by atoms with Crippen molar-refractivity contribution in [2.24, 2.45) is 0 Å². The van der Waals surface area contributed by atoms with Crippen molar-refractivity contribution in [1.82, 2.24) is 4.98 Å². The van der Waals surface area contributed by atoms with Crippen molar-refractivity contribution in [2.45, 2.75) is 44.8 Å². The Morgan fingerprint density at radius 2 is 1.74 bits per heavy atom. The van der Waals surface area contributed by atoms with Crippen molar-refractivity contribution >= 4 is 29.1 Å². The zero-order chi connectivity index (χ0) is 23.7. The number of rotatable bonds is 3. The fraction of sp³-hybridized carbons (Fsp3) is 0.296. The lowest BCUT2D eigenvalue weighted by molar-refractivity contribution is -0.119. The van der Waals surface area contributed by atoms with Gasteiger partial charge < -0.3 is 9.80 Å². The third kappa shape index (κ3) is 2.96. The van der Waals surface area contributed by atoms with Gasteiger partial charge in [-0.3, -0.25) is 14.5 Å². The quantitative estimate of drug-likeness (QED) is 0.578. The molecule has 3 aromatic rings. The molecule has 1 aliphatic carbocycles. The van der Waals surface area contributed by atoms with Gasteiger partial charge in [0.2, 0.25) is 5.91 Å². The molecule has 2 amide bonds. The minimum atomic E-state index is -0.414. The van der Waals surface area contributed by atoms with Gasteiger partial charge in [0.05, 0.1) is 11.7 Å². The number of hydrogen-bond donors (Lipinski definition) is 0. The molecule has 6 rings (SSSR count). The van der Waals surface area contributed by atoms with Gasteiger partial charge in [-0.1, -0.05) is 30.3 Å². The van der Waals surface area contributed by atoms with Gasteiger partial charge in [0.25, 0.3) is 5.91 Å². The Morgan fingerprint density at radius 1 is 1.00 bits per heavy atom. The van der Waals surface area contributed by atoms with Crippen molar-refractivity contribution in [1.29, 1.82) is 0 Å². The van der Waals surface area contributed by atoms with E-state index in [0.717, 1.165) is 41.0 Å². The number of likely N-dealkylation sites (N-methyl/N-ethyl adjacent to an activating group) is 1. The van der Waals surface area contributed by atoms with Gasteiger partial charge in [-0.15, -0.1) is 0 Å². The SMILES string of the molecule is Cc1cccc2c1C(=O)N(c1ccc3c(n1)N(C1CC1)C(C)C(=O)N3C)C2c1ccc(F)cc1. The normalized spacial score (nSPS) is 21.7. The van der Waals surface area contributed by atoms with Gasteiger partial charge in [-0.05, 0) is 67.6 Å². The van der Waals surface area contributed by atoms with E-state index < -0.39 is 6.04 Å². The van der Waals surface area contributed by atoms with Gasteiger partial charge >= 0.3 is 0 Å². The highest BCUT2D eigenvalue weighted by Gasteiger charge is 2.44. The highest BCUT2D eigenvalue weighted by Crippen LogP contribution is 2.46. The number of pyridine rings is 1. The van der Waals surface area contributed by atoms with Gasteiger partial charge in [0.1, 0.15) is 17.7 Å². The number of anilines is 3. The minimum absolute atomic E-state index is 0.0402. The topological polar surface area (TPSA) is 56.8 Å². The van der Waals surface area contributed by atoms with Crippen molar-refractivity contribution in [3.8, 4) is 0 Å². The highest BCUT2D eigenvalue weighted by molar-refractivity contribution is 6.12. The largest absolute Gasteiger partial charge is 0.340 e. The summed E-state index contributed by atoms with van der Waals surface area (Å²) in [5, 5.41) is 0. The van der Waals surface area contributed by atoms with E-state index in [1.165, 1.54) is 12.1 Å². The van der Waals surface area contributed by atoms with Gasteiger partial charge in [0, 0.05) is 18.7 Å². The molecule has 6 nitrogen and oxygen atoms in total. The number of halogens is 1. The molecule has 7 heteroatoms. The number of carbonyl (C=O) groups is 2. The first-order valence-corrected chi connectivity index (χ1v) is 11.6. The van der Waals surface area contributed by atoms with E-state index in [-0.39, 0.29) is 29.7 Å². The van der Waals surface area contributed by atoms with Crippen molar-refractivity contribution in [2.75, 3.05) is 21.7 Å². The number of hydrogen-bond acceptors (Lipinski definition) is 4. The number of carbonyl (C=O) groups excluding carboxylic acids is 2. The molecule has 1 fully saturated rings. The zero-order valence-electron chi connectivity index (χ0n) is 19.3. The van der Waals surface area contributed by atoms with Crippen LogP contribution in [0.25, 0.3) is 0 Å². The Morgan fingerprint density at radius 3 is 2.44 bits per heavy atom. The number of aryl methyl sites for hydroxylation is 1. The Bertz CT molecular complexity index is 1330. The Balaban J connectivity index is 1.52. The zero-order valence-corrected chi connectivity index (χ0v) is 19.3. The van der Waals surface area contributed by atoms with Crippen LogP contribution in [0, 0.1) is 12.7 Å². The lowest BCUT2D eigenvalue weighted by Crippen LogP contribution is -2.52. The number of benzene rings is 2. The standard InChI is InChI=1S/C27H25FN4O2/c1-15-5-4-6-20-23(15)27(34)32(24(20)17-7-9-18(28)10-8-17)22-14-13-21-25(29-22)31(19-11-12-19)16(2)26(33)30(21)3/h4-10,13-14,16,19,24H,11-12H2,1-3H3. The van der Waals surface area contributed by atoms with Crippen LogP contribution in [-0.2, 0) is 4.79 Å². The molecule has 172 valence electrons. The molecule has 3 aliphatic rings. The van der Waals surface area contributed by atoms with Crippen LogP contribution in [0.2, 0.25) is 0 Å². The molecule has 0 N–H and O–H groups in total. The van der Waals surface area contributed by atoms with Crippen LogP contribution in [0.4, 0.5) is 21.7 Å². The lowest BCUT2D eigenvalue weighted by atomic mass is 9.95. The molecule has 1 aromatic heterocycles. The second kappa shape index (κ2) is 7.38. The van der Waals surface area contributed by atoms with Crippen LogP contribution in [0.1, 0.15) is 52.9 Å². The van der Waals surface area contributed by atoms with Crippen LogP contribution < -0.4 is 14.7 Å². The summed E-state index contributed by atoms with van der Waals surface area (Å²) in [6.07, 6.45) is 2.05. The fourth-order valence-corrected chi connectivity index (χ4v) is 5.36. The molecule has 0 radical (unpaired) electrons. The molecule has 0 bridgehead atoms.